The van der Waals surface area contributed by atoms with E-state index in [0.717, 1.165) is 18.1 Å². The molecule has 0 saturated heterocycles. The number of hydrogen-bond donors (Lipinski definition) is 3. The maximum atomic E-state index is 12.4. The third kappa shape index (κ3) is 8.68. The summed E-state index contributed by atoms with van der Waals surface area (Å²) in [5, 5.41) is 30.3. The Morgan fingerprint density at radius 1 is 1.11 bits per heavy atom. The maximum absolute atomic E-state index is 12.4. The van der Waals surface area contributed by atoms with Gasteiger partial charge in [-0.1, -0.05) is 37.6 Å². The van der Waals surface area contributed by atoms with Gasteiger partial charge >= 0.3 is 6.16 Å². The Kier molecular flexibility index (Phi) is 11.3. The average molecular weight is 635 g/mol. The van der Waals surface area contributed by atoms with Gasteiger partial charge in [0.15, 0.2) is 11.2 Å². The van der Waals surface area contributed by atoms with Gasteiger partial charge < -0.3 is 33.6 Å². The van der Waals surface area contributed by atoms with Crippen LogP contribution in [0.25, 0.3) is 11.0 Å². The number of Topliss-reactive ketones (excluding diaryl/α,β-unsaturated/α-hetero) is 1. The molecule has 3 N–H and O–H groups in total. The predicted octanol–water partition coefficient (Wildman–Crippen LogP) is 7.39. The molecule has 0 bridgehead atoms. The van der Waals surface area contributed by atoms with Crippen LogP contribution in [-0.4, -0.2) is 39.1 Å². The van der Waals surface area contributed by atoms with Gasteiger partial charge in [-0.3, -0.25) is 9.59 Å². The van der Waals surface area contributed by atoms with Crippen LogP contribution in [0.3, 0.4) is 0 Å². The van der Waals surface area contributed by atoms with E-state index in [0.29, 0.717) is 41.4 Å². The second-order valence-electron chi connectivity index (χ2n) is 10.2. The van der Waals surface area contributed by atoms with Gasteiger partial charge in [-0.15, -0.1) is 11.8 Å². The molecule has 0 radical (unpaired) electrons. The lowest BCUT2D eigenvalue weighted by Gasteiger charge is -2.18. The van der Waals surface area contributed by atoms with E-state index < -0.39 is 28.9 Å². The lowest BCUT2D eigenvalue weighted by Crippen LogP contribution is -2.12. The molecule has 0 fully saturated rings. The van der Waals surface area contributed by atoms with Crippen LogP contribution in [0.5, 0.6) is 17.4 Å². The number of benzene rings is 2. The minimum Gasteiger partial charge on any atom is -0.507 e. The maximum Gasteiger partial charge on any atom is 0.513 e. The number of thioether (sulfide) groups is 1. The first-order chi connectivity index (χ1) is 21.6. The van der Waals surface area contributed by atoms with Crippen molar-refractivity contribution < 1.29 is 43.2 Å². The summed E-state index contributed by atoms with van der Waals surface area (Å²) in [6.07, 6.45) is 8.21. The van der Waals surface area contributed by atoms with E-state index >= 15 is 0 Å². The summed E-state index contributed by atoms with van der Waals surface area (Å²) in [5.41, 5.74) is 1.45. The second-order valence-corrected chi connectivity index (χ2v) is 11.5. The van der Waals surface area contributed by atoms with Crippen LogP contribution in [0.4, 0.5) is 4.79 Å². The summed E-state index contributed by atoms with van der Waals surface area (Å²) in [6.45, 7) is 5.60. The number of phenolic OH excluding ortho intramolecular Hbond substituents is 1. The number of carbonyl (C=O) groups is 2. The fourth-order valence-corrected chi connectivity index (χ4v) is 5.64. The largest absolute Gasteiger partial charge is 0.513 e. The first-order valence-corrected chi connectivity index (χ1v) is 15.2. The number of ketones is 1. The van der Waals surface area contributed by atoms with Crippen molar-refractivity contribution in [3.63, 3.8) is 0 Å². The predicted molar refractivity (Wildman–Crippen MR) is 170 cm³/mol. The van der Waals surface area contributed by atoms with Crippen molar-refractivity contribution in [2.75, 3.05) is 6.61 Å². The average Bonchev–Trinajstić information content (AvgIpc) is 3.42. The van der Waals surface area contributed by atoms with Gasteiger partial charge in [0.1, 0.15) is 28.9 Å². The van der Waals surface area contributed by atoms with Crippen molar-refractivity contribution in [2.45, 2.75) is 56.3 Å². The number of fused-ring (bicyclic) bond motifs is 1. The number of phenols is 1. The lowest BCUT2D eigenvalue weighted by molar-refractivity contribution is 0.101. The monoisotopic (exact) mass is 634 g/mol. The minimum absolute atomic E-state index is 0.0308. The van der Waals surface area contributed by atoms with Crippen molar-refractivity contribution in [1.82, 2.24) is 0 Å². The van der Waals surface area contributed by atoms with Gasteiger partial charge in [-0.05, 0) is 68.7 Å². The van der Waals surface area contributed by atoms with Crippen LogP contribution in [-0.2, 0) is 6.42 Å². The quantitative estimate of drug-likeness (QED) is 0.0418. The van der Waals surface area contributed by atoms with Gasteiger partial charge in [0.2, 0.25) is 0 Å². The Labute approximate surface area is 263 Å². The number of aliphatic hydroxyl groups is 1. The zero-order valence-electron chi connectivity index (χ0n) is 25.0. The number of rotatable bonds is 14. The zero-order chi connectivity index (χ0) is 32.5. The summed E-state index contributed by atoms with van der Waals surface area (Å²) in [4.78, 5) is 35.7. The van der Waals surface area contributed by atoms with Crippen molar-refractivity contribution in [3.05, 3.63) is 106 Å². The fourth-order valence-electron chi connectivity index (χ4n) is 4.57. The van der Waals surface area contributed by atoms with Crippen LogP contribution in [0.15, 0.2) is 91.6 Å². The Hall–Kier alpha value is -4.74. The standard InChI is InChI=1S/C34H34O10S/c1-4-9-25-27(14-13-23(21(3)35)32(25)37)41-15-8-6-5-7-10-30(33(38)29-16-20(2)19-42-29)45-22-11-12-24-26(36)18-31(44-34(39)40)43-28(24)17-22/h5-7,10-14,16-19,30,33,37-38H,4,8-9,15H2,1-3H3,(H,39,40)/b6-5-,10-7+/t30-,33+/m0/s1. The Bertz CT molecular complexity index is 1780. The molecular weight excluding hydrogens is 600 g/mol. The van der Waals surface area contributed by atoms with E-state index in [1.807, 2.05) is 32.1 Å². The Morgan fingerprint density at radius 3 is 2.60 bits per heavy atom. The van der Waals surface area contributed by atoms with Crippen molar-refractivity contribution in [1.29, 1.82) is 0 Å². The summed E-state index contributed by atoms with van der Waals surface area (Å²) in [6, 6.07) is 10.9. The molecule has 0 spiro atoms. The molecule has 2 atom stereocenters. The molecule has 2 heterocycles. The molecule has 2 aromatic heterocycles. The molecular formula is C34H34O10S. The molecule has 0 saturated carbocycles. The normalized spacial score (nSPS) is 13.0. The highest BCUT2D eigenvalue weighted by Crippen LogP contribution is 2.36. The number of aliphatic hydroxyl groups excluding tert-OH is 1. The van der Waals surface area contributed by atoms with Crippen LogP contribution < -0.4 is 14.9 Å². The number of carbonyl (C=O) groups excluding carboxylic acids is 1. The Morgan fingerprint density at radius 2 is 1.91 bits per heavy atom. The molecule has 0 aliphatic carbocycles. The van der Waals surface area contributed by atoms with Crippen molar-refractivity contribution >= 4 is 34.7 Å². The van der Waals surface area contributed by atoms with E-state index in [1.165, 1.54) is 18.7 Å². The number of allylic oxidation sites excluding steroid dienone is 2. The highest BCUT2D eigenvalue weighted by atomic mass is 32.2. The first-order valence-electron chi connectivity index (χ1n) is 14.3. The number of ether oxygens (including phenoxy) is 2. The van der Waals surface area contributed by atoms with Gasteiger partial charge in [-0.2, -0.15) is 0 Å². The molecule has 11 heteroatoms. The molecule has 236 valence electrons. The van der Waals surface area contributed by atoms with E-state index in [-0.39, 0.29) is 28.1 Å². The number of aromatic hydroxyl groups is 1. The molecule has 0 unspecified atom stereocenters. The number of carboxylic acid groups (broad SMARTS) is 1. The summed E-state index contributed by atoms with van der Waals surface area (Å²) < 4.78 is 21.4. The van der Waals surface area contributed by atoms with Gasteiger partial charge in [0.05, 0.1) is 35.1 Å². The van der Waals surface area contributed by atoms with E-state index in [2.05, 4.69) is 4.74 Å². The molecule has 0 aliphatic rings. The topological polar surface area (TPSA) is 157 Å². The fraction of sp³-hybridized carbons (Fsp3) is 0.265. The number of hydrogen-bond acceptors (Lipinski definition) is 10. The van der Waals surface area contributed by atoms with E-state index in [9.17, 15) is 24.6 Å². The summed E-state index contributed by atoms with van der Waals surface area (Å²) >= 11 is 1.30. The highest BCUT2D eigenvalue weighted by molar-refractivity contribution is 8.00. The summed E-state index contributed by atoms with van der Waals surface area (Å²) in [5.74, 6) is 0.256. The molecule has 45 heavy (non-hydrogen) atoms. The van der Waals surface area contributed by atoms with Crippen molar-refractivity contribution in [2.24, 2.45) is 0 Å². The SMILES string of the molecule is CCCc1c(OCC/C=C\C=C\[C@H](Sc2ccc3c(=O)cc(OC(=O)O)oc3c2)[C@H](O)c2cc(C)co2)ccc(C(C)=O)c1O. The third-order valence-electron chi connectivity index (χ3n) is 6.70. The smallest absolute Gasteiger partial charge is 0.507 e. The number of furan rings is 1. The molecule has 0 aliphatic heterocycles. The molecule has 4 rings (SSSR count). The number of aryl methyl sites for hydroxylation is 1. The van der Waals surface area contributed by atoms with Gasteiger partial charge in [-0.25, -0.2) is 4.79 Å². The highest BCUT2D eigenvalue weighted by Gasteiger charge is 2.23. The van der Waals surface area contributed by atoms with Gasteiger partial charge in [0.25, 0.3) is 5.95 Å². The second kappa shape index (κ2) is 15.3. The van der Waals surface area contributed by atoms with E-state index in [4.69, 9.17) is 18.7 Å². The molecule has 2 aromatic carbocycles. The third-order valence-corrected chi connectivity index (χ3v) is 7.91. The van der Waals surface area contributed by atoms with Crippen molar-refractivity contribution in [3.8, 4) is 17.4 Å². The lowest BCUT2D eigenvalue weighted by atomic mass is 10.0. The Balaban J connectivity index is 1.47. The van der Waals surface area contributed by atoms with Crippen LogP contribution in [0.2, 0.25) is 0 Å². The zero-order valence-corrected chi connectivity index (χ0v) is 25.8. The minimum atomic E-state index is -1.60. The van der Waals surface area contributed by atoms with Gasteiger partial charge in [0, 0.05) is 10.5 Å². The first kappa shape index (κ1) is 33.2. The van der Waals surface area contributed by atoms with Crippen LogP contribution in [0, 0.1) is 6.92 Å². The molecule has 4 aromatic rings. The van der Waals surface area contributed by atoms with Crippen LogP contribution >= 0.6 is 11.8 Å². The summed E-state index contributed by atoms with van der Waals surface area (Å²) in [7, 11) is 0. The van der Waals surface area contributed by atoms with E-state index in [1.54, 1.807) is 48.7 Å². The molecule has 10 nitrogen and oxygen atoms in total. The molecule has 0 amide bonds. The van der Waals surface area contributed by atoms with Crippen LogP contribution in [0.1, 0.15) is 60.0 Å².